The maximum absolute atomic E-state index is 12.2. The zero-order chi connectivity index (χ0) is 16.7. The molecule has 2 rings (SSSR count). The number of benzene rings is 2. The van der Waals surface area contributed by atoms with Crippen LogP contribution >= 0.6 is 0 Å². The van der Waals surface area contributed by atoms with Gasteiger partial charge in [0.1, 0.15) is 5.75 Å². The number of hydrogen-bond acceptors (Lipinski definition) is 4. The van der Waals surface area contributed by atoms with E-state index in [4.69, 9.17) is 14.2 Å². The van der Waals surface area contributed by atoms with Crippen LogP contribution in [0.5, 0.6) is 17.2 Å². The van der Waals surface area contributed by atoms with Gasteiger partial charge in [-0.05, 0) is 50.2 Å². The Hall–Kier alpha value is -2.69. The Balaban J connectivity index is 1.99. The van der Waals surface area contributed by atoms with Crippen molar-refractivity contribution in [1.29, 1.82) is 0 Å². The molecule has 5 heteroatoms. The maximum atomic E-state index is 12.2. The summed E-state index contributed by atoms with van der Waals surface area (Å²) in [6, 6.07) is 14.4. The minimum atomic E-state index is -0.654. The van der Waals surface area contributed by atoms with E-state index in [1.165, 1.54) is 0 Å². The average Bonchev–Trinajstić information content (AvgIpc) is 2.57. The van der Waals surface area contributed by atoms with Gasteiger partial charge in [-0.3, -0.25) is 4.79 Å². The van der Waals surface area contributed by atoms with Gasteiger partial charge in [-0.15, -0.1) is 0 Å². The molecule has 0 spiro atoms. The minimum absolute atomic E-state index is 0.235. The van der Waals surface area contributed by atoms with Gasteiger partial charge in [0.25, 0.3) is 5.91 Å². The zero-order valence-corrected chi connectivity index (χ0v) is 13.5. The van der Waals surface area contributed by atoms with Gasteiger partial charge in [-0.2, -0.15) is 0 Å². The monoisotopic (exact) mass is 315 g/mol. The fraction of sp³-hybridized carbons (Fsp3) is 0.278. The van der Waals surface area contributed by atoms with Gasteiger partial charge < -0.3 is 19.5 Å². The van der Waals surface area contributed by atoms with Crippen LogP contribution < -0.4 is 19.5 Å². The number of rotatable bonds is 7. The summed E-state index contributed by atoms with van der Waals surface area (Å²) in [5, 5.41) is 2.80. The van der Waals surface area contributed by atoms with Crippen LogP contribution in [0.2, 0.25) is 0 Å². The quantitative estimate of drug-likeness (QED) is 0.849. The molecule has 0 radical (unpaired) electrons. The summed E-state index contributed by atoms with van der Waals surface area (Å²) in [5.74, 6) is 1.67. The second-order valence-electron chi connectivity index (χ2n) is 4.86. The highest BCUT2D eigenvalue weighted by Crippen LogP contribution is 2.27. The van der Waals surface area contributed by atoms with Crippen molar-refractivity contribution in [2.75, 3.05) is 19.0 Å². The Morgan fingerprint density at radius 1 is 1.09 bits per heavy atom. The first-order valence-electron chi connectivity index (χ1n) is 7.47. The van der Waals surface area contributed by atoms with Gasteiger partial charge in [0.05, 0.1) is 13.7 Å². The molecule has 0 aromatic heterocycles. The molecule has 0 saturated carbocycles. The molecule has 2 aromatic rings. The van der Waals surface area contributed by atoms with E-state index in [0.717, 1.165) is 5.75 Å². The summed E-state index contributed by atoms with van der Waals surface area (Å²) >= 11 is 0. The molecular formula is C18H21NO4. The summed E-state index contributed by atoms with van der Waals surface area (Å²) in [6.07, 6.45) is -0.654. The molecular weight excluding hydrogens is 294 g/mol. The van der Waals surface area contributed by atoms with Crippen LogP contribution in [0.4, 0.5) is 5.69 Å². The summed E-state index contributed by atoms with van der Waals surface area (Å²) in [4.78, 5) is 12.2. The van der Waals surface area contributed by atoms with Crippen molar-refractivity contribution in [2.45, 2.75) is 20.0 Å². The molecule has 0 aliphatic rings. The largest absolute Gasteiger partial charge is 0.497 e. The van der Waals surface area contributed by atoms with Crippen LogP contribution in [-0.4, -0.2) is 25.7 Å². The van der Waals surface area contributed by atoms with Crippen LogP contribution in [0.3, 0.4) is 0 Å². The highest BCUT2D eigenvalue weighted by atomic mass is 16.5. The molecule has 0 unspecified atom stereocenters. The first kappa shape index (κ1) is 16.7. The van der Waals surface area contributed by atoms with Crippen LogP contribution in [0.25, 0.3) is 0 Å². The highest BCUT2D eigenvalue weighted by molar-refractivity contribution is 5.94. The third kappa shape index (κ3) is 4.64. The number of para-hydroxylation sites is 2. The lowest BCUT2D eigenvalue weighted by Gasteiger charge is -2.17. The Bertz CT molecular complexity index is 640. The van der Waals surface area contributed by atoms with E-state index in [9.17, 15) is 4.79 Å². The first-order chi connectivity index (χ1) is 11.1. The van der Waals surface area contributed by atoms with Crippen molar-refractivity contribution in [2.24, 2.45) is 0 Å². The van der Waals surface area contributed by atoms with E-state index in [-0.39, 0.29) is 5.91 Å². The van der Waals surface area contributed by atoms with Crippen molar-refractivity contribution in [3.05, 3.63) is 48.5 Å². The molecule has 1 N–H and O–H groups in total. The molecule has 0 aliphatic heterocycles. The summed E-state index contributed by atoms with van der Waals surface area (Å²) < 4.78 is 16.3. The molecule has 0 heterocycles. The van der Waals surface area contributed by atoms with Crippen LogP contribution in [-0.2, 0) is 4.79 Å². The number of carbonyl (C=O) groups excluding carboxylic acids is 1. The Morgan fingerprint density at radius 2 is 1.74 bits per heavy atom. The molecule has 122 valence electrons. The Kier molecular flexibility index (Phi) is 5.86. The third-order valence-electron chi connectivity index (χ3n) is 3.18. The predicted octanol–water partition coefficient (Wildman–Crippen LogP) is 3.50. The van der Waals surface area contributed by atoms with E-state index < -0.39 is 6.10 Å². The van der Waals surface area contributed by atoms with Gasteiger partial charge >= 0.3 is 0 Å². The fourth-order valence-corrected chi connectivity index (χ4v) is 1.98. The summed E-state index contributed by atoms with van der Waals surface area (Å²) in [6.45, 7) is 4.13. The standard InChI is InChI=1S/C18H21NO4/c1-4-22-16-7-5-6-8-17(16)23-13(2)18(20)19-14-9-11-15(21-3)12-10-14/h5-13H,4H2,1-3H3,(H,19,20)/t13-/m0/s1. The van der Waals surface area contributed by atoms with Crippen LogP contribution in [0.1, 0.15) is 13.8 Å². The third-order valence-corrected chi connectivity index (χ3v) is 3.18. The van der Waals surface area contributed by atoms with Gasteiger partial charge in [0, 0.05) is 5.69 Å². The second kappa shape index (κ2) is 8.08. The number of ether oxygens (including phenoxy) is 3. The average molecular weight is 315 g/mol. The molecule has 0 aliphatic carbocycles. The predicted molar refractivity (Wildman–Crippen MR) is 89.3 cm³/mol. The number of anilines is 1. The number of nitrogens with one attached hydrogen (secondary N) is 1. The van der Waals surface area contributed by atoms with E-state index in [1.54, 1.807) is 44.4 Å². The van der Waals surface area contributed by atoms with Crippen LogP contribution in [0.15, 0.2) is 48.5 Å². The van der Waals surface area contributed by atoms with Crippen molar-refractivity contribution >= 4 is 11.6 Å². The molecule has 2 aromatic carbocycles. The number of methoxy groups -OCH3 is 1. The number of hydrogen-bond donors (Lipinski definition) is 1. The normalized spacial score (nSPS) is 11.4. The molecule has 1 atom stereocenters. The lowest BCUT2D eigenvalue weighted by molar-refractivity contribution is -0.122. The molecule has 23 heavy (non-hydrogen) atoms. The Labute approximate surface area is 136 Å². The summed E-state index contributed by atoms with van der Waals surface area (Å²) in [7, 11) is 1.60. The van der Waals surface area contributed by atoms with Crippen molar-refractivity contribution in [3.8, 4) is 17.2 Å². The zero-order valence-electron chi connectivity index (χ0n) is 13.5. The molecule has 1 amide bonds. The number of carbonyl (C=O) groups is 1. The smallest absolute Gasteiger partial charge is 0.265 e. The first-order valence-corrected chi connectivity index (χ1v) is 7.47. The maximum Gasteiger partial charge on any atom is 0.265 e. The van der Waals surface area contributed by atoms with Gasteiger partial charge in [0.2, 0.25) is 0 Å². The number of amides is 1. The van der Waals surface area contributed by atoms with Gasteiger partial charge in [-0.1, -0.05) is 12.1 Å². The van der Waals surface area contributed by atoms with Crippen LogP contribution in [0, 0.1) is 0 Å². The van der Waals surface area contributed by atoms with Gasteiger partial charge in [-0.25, -0.2) is 0 Å². The van der Waals surface area contributed by atoms with Crippen molar-refractivity contribution < 1.29 is 19.0 Å². The second-order valence-corrected chi connectivity index (χ2v) is 4.86. The van der Waals surface area contributed by atoms with Gasteiger partial charge in [0.15, 0.2) is 17.6 Å². The SMILES string of the molecule is CCOc1ccccc1O[C@@H](C)C(=O)Nc1ccc(OC)cc1. The minimum Gasteiger partial charge on any atom is -0.497 e. The van der Waals surface area contributed by atoms with E-state index in [0.29, 0.717) is 23.8 Å². The molecule has 0 bridgehead atoms. The summed E-state index contributed by atoms with van der Waals surface area (Å²) in [5.41, 5.74) is 0.685. The van der Waals surface area contributed by atoms with E-state index in [1.807, 2.05) is 25.1 Å². The fourth-order valence-electron chi connectivity index (χ4n) is 1.98. The van der Waals surface area contributed by atoms with Crippen molar-refractivity contribution in [3.63, 3.8) is 0 Å². The molecule has 5 nitrogen and oxygen atoms in total. The van der Waals surface area contributed by atoms with E-state index >= 15 is 0 Å². The molecule has 0 saturated heterocycles. The topological polar surface area (TPSA) is 56.8 Å². The van der Waals surface area contributed by atoms with Crippen molar-refractivity contribution in [1.82, 2.24) is 0 Å². The lowest BCUT2D eigenvalue weighted by atomic mass is 10.2. The van der Waals surface area contributed by atoms with E-state index in [2.05, 4.69) is 5.32 Å². The lowest BCUT2D eigenvalue weighted by Crippen LogP contribution is -2.30. The Morgan fingerprint density at radius 3 is 2.35 bits per heavy atom. The molecule has 0 fully saturated rings. The highest BCUT2D eigenvalue weighted by Gasteiger charge is 2.17.